The van der Waals surface area contributed by atoms with Gasteiger partial charge in [0.05, 0.1) is 20.6 Å². The highest BCUT2D eigenvalue weighted by Crippen LogP contribution is 2.31. The highest BCUT2D eigenvalue weighted by atomic mass is 35.5. The van der Waals surface area contributed by atoms with Crippen molar-refractivity contribution in [3.8, 4) is 0 Å². The highest BCUT2D eigenvalue weighted by molar-refractivity contribution is 7.92. The van der Waals surface area contributed by atoms with Crippen LogP contribution in [-0.4, -0.2) is 43.8 Å². The van der Waals surface area contributed by atoms with Gasteiger partial charge < -0.3 is 10.2 Å². The average molecular weight is 651 g/mol. The molecular formula is C31H34Cl3N3O4S. The molecule has 0 unspecified atom stereocenters. The normalized spacial score (nSPS) is 14.7. The first kappa shape index (κ1) is 32.1. The molecule has 0 aromatic heterocycles. The van der Waals surface area contributed by atoms with E-state index in [1.54, 1.807) is 43.3 Å². The molecule has 1 N–H and O–H groups in total. The Morgan fingerprint density at radius 3 is 2.26 bits per heavy atom. The molecular weight excluding hydrogens is 617 g/mol. The van der Waals surface area contributed by atoms with Gasteiger partial charge in [-0.3, -0.25) is 13.9 Å². The quantitative estimate of drug-likeness (QED) is 0.256. The Morgan fingerprint density at radius 2 is 1.62 bits per heavy atom. The summed E-state index contributed by atoms with van der Waals surface area (Å²) in [6.45, 7) is 2.98. The van der Waals surface area contributed by atoms with Gasteiger partial charge in [0, 0.05) is 17.6 Å². The van der Waals surface area contributed by atoms with Crippen molar-refractivity contribution in [2.45, 2.75) is 69.5 Å². The zero-order valence-corrected chi connectivity index (χ0v) is 26.6. The first-order valence-corrected chi connectivity index (χ1v) is 16.4. The number of amides is 2. The summed E-state index contributed by atoms with van der Waals surface area (Å²) in [7, 11) is -4.21. The lowest BCUT2D eigenvalue weighted by Gasteiger charge is -2.33. The van der Waals surface area contributed by atoms with Gasteiger partial charge >= 0.3 is 0 Å². The summed E-state index contributed by atoms with van der Waals surface area (Å²) in [6.07, 6.45) is 5.00. The van der Waals surface area contributed by atoms with Gasteiger partial charge in [-0.05, 0) is 74.7 Å². The van der Waals surface area contributed by atoms with E-state index in [4.69, 9.17) is 34.8 Å². The maximum absolute atomic E-state index is 14.1. The predicted molar refractivity (Wildman–Crippen MR) is 169 cm³/mol. The number of aryl methyl sites for hydroxylation is 1. The molecule has 1 aliphatic rings. The van der Waals surface area contributed by atoms with Gasteiger partial charge in [0.15, 0.2) is 0 Å². The standard InChI is InChI=1S/C31H34Cl3N3O4S/c1-21-11-14-27(15-12-21)42(40,41)37(26-13-16-28(33)29(34)18-26)20-30(38)36(19-23-7-6-8-24(32)17-23)22(2)31(39)35-25-9-4-3-5-10-25/h6-8,11-18,22,25H,3-5,9-10,19-20H2,1-2H3,(H,35,39)/t22-/m1/s1. The second kappa shape index (κ2) is 14.1. The van der Waals surface area contributed by atoms with Crippen LogP contribution < -0.4 is 9.62 Å². The van der Waals surface area contributed by atoms with Crippen molar-refractivity contribution < 1.29 is 18.0 Å². The molecule has 0 bridgehead atoms. The van der Waals surface area contributed by atoms with Crippen LogP contribution in [0.15, 0.2) is 71.6 Å². The highest BCUT2D eigenvalue weighted by Gasteiger charge is 2.33. The van der Waals surface area contributed by atoms with E-state index >= 15 is 0 Å². The molecule has 2 amide bonds. The number of nitrogens with one attached hydrogen (secondary N) is 1. The van der Waals surface area contributed by atoms with Crippen molar-refractivity contribution in [2.75, 3.05) is 10.8 Å². The number of carbonyl (C=O) groups excluding carboxylic acids is 2. The lowest BCUT2D eigenvalue weighted by atomic mass is 9.95. The zero-order chi connectivity index (χ0) is 30.4. The number of sulfonamides is 1. The number of hydrogen-bond acceptors (Lipinski definition) is 4. The fourth-order valence-electron chi connectivity index (χ4n) is 4.99. The number of nitrogens with zero attached hydrogens (tertiary/aromatic N) is 2. The largest absolute Gasteiger partial charge is 0.352 e. The molecule has 7 nitrogen and oxygen atoms in total. The first-order chi connectivity index (χ1) is 20.0. The average Bonchev–Trinajstić information content (AvgIpc) is 2.96. The summed E-state index contributed by atoms with van der Waals surface area (Å²) in [5, 5.41) is 3.96. The summed E-state index contributed by atoms with van der Waals surface area (Å²) < 4.78 is 28.9. The third kappa shape index (κ3) is 7.98. The van der Waals surface area contributed by atoms with Crippen molar-refractivity contribution >= 4 is 62.3 Å². The lowest BCUT2D eigenvalue weighted by molar-refractivity contribution is -0.139. The Hall–Kier alpha value is -2.78. The smallest absolute Gasteiger partial charge is 0.264 e. The zero-order valence-electron chi connectivity index (χ0n) is 23.5. The SMILES string of the molecule is Cc1ccc(S(=O)(=O)N(CC(=O)N(Cc2cccc(Cl)c2)[C@H](C)C(=O)NC2CCCCC2)c2ccc(Cl)c(Cl)c2)cc1. The molecule has 0 heterocycles. The Morgan fingerprint density at radius 1 is 0.929 bits per heavy atom. The Balaban J connectivity index is 1.69. The molecule has 224 valence electrons. The number of hydrogen-bond donors (Lipinski definition) is 1. The summed E-state index contributed by atoms with van der Waals surface area (Å²) in [4.78, 5) is 28.9. The van der Waals surface area contributed by atoms with E-state index < -0.39 is 28.5 Å². The topological polar surface area (TPSA) is 86.8 Å². The van der Waals surface area contributed by atoms with Crippen LogP contribution in [0.5, 0.6) is 0 Å². The van der Waals surface area contributed by atoms with E-state index in [-0.39, 0.29) is 39.1 Å². The van der Waals surface area contributed by atoms with Crippen molar-refractivity contribution in [3.63, 3.8) is 0 Å². The molecule has 42 heavy (non-hydrogen) atoms. The summed E-state index contributed by atoms with van der Waals surface area (Å²) in [6, 6.07) is 16.9. The van der Waals surface area contributed by atoms with Gasteiger partial charge in [0.1, 0.15) is 12.6 Å². The number of rotatable bonds is 10. The number of halogens is 3. The van der Waals surface area contributed by atoms with Gasteiger partial charge in [0.2, 0.25) is 11.8 Å². The minimum atomic E-state index is -4.21. The maximum atomic E-state index is 14.1. The van der Waals surface area contributed by atoms with Gasteiger partial charge in [-0.2, -0.15) is 0 Å². The van der Waals surface area contributed by atoms with Crippen molar-refractivity contribution in [2.24, 2.45) is 0 Å². The molecule has 4 rings (SSSR count). The van der Waals surface area contributed by atoms with Crippen molar-refractivity contribution in [3.05, 3.63) is 92.9 Å². The molecule has 1 aliphatic carbocycles. The Labute approximate surface area is 262 Å². The maximum Gasteiger partial charge on any atom is 0.264 e. The molecule has 0 aliphatic heterocycles. The number of carbonyl (C=O) groups is 2. The van der Waals surface area contributed by atoms with Crippen LogP contribution in [0.25, 0.3) is 0 Å². The fraction of sp³-hybridized carbons (Fsp3) is 0.355. The first-order valence-electron chi connectivity index (χ1n) is 13.8. The van der Waals surface area contributed by atoms with E-state index in [9.17, 15) is 18.0 Å². The van der Waals surface area contributed by atoms with E-state index in [1.807, 2.05) is 6.92 Å². The Kier molecular flexibility index (Phi) is 10.8. The van der Waals surface area contributed by atoms with Crippen LogP contribution in [0.2, 0.25) is 15.1 Å². The van der Waals surface area contributed by atoms with Crippen LogP contribution in [-0.2, 0) is 26.2 Å². The summed E-state index contributed by atoms with van der Waals surface area (Å²) in [5.41, 5.74) is 1.76. The van der Waals surface area contributed by atoms with Crippen LogP contribution in [0, 0.1) is 6.92 Å². The Bertz CT molecular complexity index is 1530. The van der Waals surface area contributed by atoms with Gasteiger partial charge in [-0.15, -0.1) is 0 Å². The molecule has 0 spiro atoms. The van der Waals surface area contributed by atoms with Gasteiger partial charge in [-0.25, -0.2) is 8.42 Å². The van der Waals surface area contributed by atoms with E-state index in [0.717, 1.165) is 42.0 Å². The molecule has 1 fully saturated rings. The van der Waals surface area contributed by atoms with E-state index in [1.165, 1.54) is 35.2 Å². The van der Waals surface area contributed by atoms with Crippen LogP contribution >= 0.6 is 34.8 Å². The van der Waals surface area contributed by atoms with Crippen LogP contribution in [0.4, 0.5) is 5.69 Å². The van der Waals surface area contributed by atoms with Gasteiger partial charge in [-0.1, -0.05) is 83.9 Å². The third-order valence-electron chi connectivity index (χ3n) is 7.44. The predicted octanol–water partition coefficient (Wildman–Crippen LogP) is 7.02. The second-order valence-corrected chi connectivity index (χ2v) is 13.7. The fourth-order valence-corrected chi connectivity index (χ4v) is 6.90. The molecule has 11 heteroatoms. The molecule has 1 atom stereocenters. The third-order valence-corrected chi connectivity index (χ3v) is 10.2. The number of benzene rings is 3. The molecule has 0 radical (unpaired) electrons. The molecule has 3 aromatic carbocycles. The van der Waals surface area contributed by atoms with Crippen molar-refractivity contribution in [1.82, 2.24) is 10.2 Å². The minimum absolute atomic E-state index is 0.0106. The molecule has 3 aromatic rings. The molecule has 1 saturated carbocycles. The summed E-state index contributed by atoms with van der Waals surface area (Å²) in [5.74, 6) is -0.859. The summed E-state index contributed by atoms with van der Waals surface area (Å²) >= 11 is 18.6. The monoisotopic (exact) mass is 649 g/mol. The minimum Gasteiger partial charge on any atom is -0.352 e. The van der Waals surface area contributed by atoms with E-state index in [2.05, 4.69) is 5.32 Å². The number of anilines is 1. The lowest BCUT2D eigenvalue weighted by Crippen LogP contribution is -2.53. The van der Waals surface area contributed by atoms with Crippen molar-refractivity contribution in [1.29, 1.82) is 0 Å². The molecule has 0 saturated heterocycles. The second-order valence-electron chi connectivity index (χ2n) is 10.6. The van der Waals surface area contributed by atoms with Gasteiger partial charge in [0.25, 0.3) is 10.0 Å². The van der Waals surface area contributed by atoms with Crippen LogP contribution in [0.3, 0.4) is 0 Å². The van der Waals surface area contributed by atoms with Crippen LogP contribution in [0.1, 0.15) is 50.2 Å². The van der Waals surface area contributed by atoms with E-state index in [0.29, 0.717) is 10.6 Å².